The zero-order chi connectivity index (χ0) is 18.1. The summed E-state index contributed by atoms with van der Waals surface area (Å²) in [6.45, 7) is 5.38. The van der Waals surface area contributed by atoms with Gasteiger partial charge in [-0.15, -0.1) is 0 Å². The van der Waals surface area contributed by atoms with Crippen molar-refractivity contribution in [2.75, 3.05) is 0 Å². The summed E-state index contributed by atoms with van der Waals surface area (Å²) in [6, 6.07) is 5.69. The number of halogens is 2. The van der Waals surface area contributed by atoms with Crippen LogP contribution in [0.5, 0.6) is 0 Å². The molecular formula is C16H18F2N2O3S. The molecule has 1 N–H and O–H groups in total. The molecule has 2 aromatic rings. The Kier molecular flexibility index (Phi) is 5.17. The molecule has 0 spiro atoms. The minimum Gasteiger partial charge on any atom is -0.344 e. The second kappa shape index (κ2) is 6.80. The van der Waals surface area contributed by atoms with Crippen molar-refractivity contribution < 1.29 is 22.0 Å². The number of hydrogen-bond acceptors (Lipinski definition) is 4. The van der Waals surface area contributed by atoms with Gasteiger partial charge in [0.1, 0.15) is 5.82 Å². The normalized spacial score (nSPS) is 13.5. The second-order valence-corrected chi connectivity index (χ2v) is 7.85. The number of nitrogens with zero attached hydrogens (tertiary/aromatic N) is 1. The summed E-state index contributed by atoms with van der Waals surface area (Å²) < 4.78 is 51.5. The van der Waals surface area contributed by atoms with E-state index in [1.165, 1.54) is 12.1 Å². The molecule has 0 aliphatic rings. The summed E-state index contributed by atoms with van der Waals surface area (Å²) in [6.07, 6.45) is -2.27. The quantitative estimate of drug-likeness (QED) is 0.862. The van der Waals surface area contributed by atoms with Gasteiger partial charge in [-0.2, -0.15) is 0 Å². The van der Waals surface area contributed by atoms with Crippen molar-refractivity contribution in [1.82, 2.24) is 9.97 Å². The summed E-state index contributed by atoms with van der Waals surface area (Å²) >= 11 is 0. The number of ketones is 1. The Morgan fingerprint density at radius 3 is 2.21 bits per heavy atom. The summed E-state index contributed by atoms with van der Waals surface area (Å²) in [5.74, 6) is -1.31. The molecule has 130 valence electrons. The first kappa shape index (κ1) is 18.3. The van der Waals surface area contributed by atoms with Gasteiger partial charge in [0.05, 0.1) is 16.8 Å². The average molecular weight is 356 g/mol. The van der Waals surface area contributed by atoms with Crippen LogP contribution in [-0.4, -0.2) is 30.6 Å². The molecule has 0 aliphatic carbocycles. The van der Waals surface area contributed by atoms with E-state index < -0.39 is 27.3 Å². The molecule has 1 aromatic carbocycles. The van der Waals surface area contributed by atoms with Gasteiger partial charge in [-0.25, -0.2) is 22.2 Å². The molecule has 2 rings (SSSR count). The predicted molar refractivity (Wildman–Crippen MR) is 84.8 cm³/mol. The molecule has 1 aromatic heterocycles. The van der Waals surface area contributed by atoms with Crippen LogP contribution in [0.1, 0.15) is 42.1 Å². The van der Waals surface area contributed by atoms with E-state index in [0.717, 1.165) is 11.8 Å². The first-order valence-electron chi connectivity index (χ1n) is 7.31. The molecule has 0 aliphatic heterocycles. The van der Waals surface area contributed by atoms with Crippen LogP contribution in [0, 0.1) is 6.92 Å². The summed E-state index contributed by atoms with van der Waals surface area (Å²) in [4.78, 5) is 18.4. The maximum absolute atomic E-state index is 13.0. The van der Waals surface area contributed by atoms with Crippen LogP contribution < -0.4 is 0 Å². The molecule has 1 unspecified atom stereocenters. The van der Waals surface area contributed by atoms with Gasteiger partial charge < -0.3 is 4.98 Å². The Hall–Kier alpha value is -2.09. The molecule has 0 saturated carbocycles. The van der Waals surface area contributed by atoms with Gasteiger partial charge in [-0.05, 0) is 19.1 Å². The molecule has 0 radical (unpaired) electrons. The van der Waals surface area contributed by atoms with E-state index in [1.807, 2.05) is 0 Å². The van der Waals surface area contributed by atoms with Gasteiger partial charge in [0, 0.05) is 5.92 Å². The number of imidazole rings is 1. The lowest BCUT2D eigenvalue weighted by Gasteiger charge is -2.15. The molecule has 0 saturated heterocycles. The lowest BCUT2D eigenvalue weighted by molar-refractivity contribution is -0.129. The van der Waals surface area contributed by atoms with Gasteiger partial charge >= 0.3 is 0 Å². The van der Waals surface area contributed by atoms with Crippen LogP contribution in [0.15, 0.2) is 35.4 Å². The first-order valence-corrected chi connectivity index (χ1v) is 8.86. The topological polar surface area (TPSA) is 79.9 Å². The number of carbonyl (C=O) groups excluding carboxylic acids is 1. The number of carbonyl (C=O) groups is 1. The fourth-order valence-corrected chi connectivity index (χ4v) is 3.88. The smallest absolute Gasteiger partial charge is 0.297 e. The van der Waals surface area contributed by atoms with E-state index >= 15 is 0 Å². The van der Waals surface area contributed by atoms with Gasteiger partial charge in [-0.1, -0.05) is 31.5 Å². The van der Waals surface area contributed by atoms with E-state index in [-0.39, 0.29) is 16.5 Å². The monoisotopic (exact) mass is 356 g/mol. The van der Waals surface area contributed by atoms with Crippen molar-refractivity contribution in [2.24, 2.45) is 0 Å². The third kappa shape index (κ3) is 3.53. The van der Waals surface area contributed by atoms with Crippen LogP contribution in [0.3, 0.4) is 0 Å². The summed E-state index contributed by atoms with van der Waals surface area (Å²) in [5, 5.41) is -2.01. The Labute approximate surface area is 139 Å². The highest BCUT2D eigenvalue weighted by atomic mass is 32.2. The third-order valence-electron chi connectivity index (χ3n) is 3.58. The number of Topliss-reactive ketones (excluding diaryl/α,β-unsaturated/α-hetero) is 1. The molecular weight excluding hydrogens is 338 g/mol. The van der Waals surface area contributed by atoms with Crippen LogP contribution in [0.4, 0.5) is 8.78 Å². The molecule has 0 amide bonds. The molecule has 0 fully saturated rings. The predicted octanol–water partition coefficient (Wildman–Crippen LogP) is 3.19. The SMILES string of the molecule is Cc1ccc(S(=O)(=O)C(C(=O)C(F)F)c2cnc(C(C)C)[nH]2)cc1. The molecule has 0 bridgehead atoms. The highest BCUT2D eigenvalue weighted by Crippen LogP contribution is 2.31. The number of hydrogen-bond donors (Lipinski definition) is 1. The molecule has 1 atom stereocenters. The van der Waals surface area contributed by atoms with Crippen LogP contribution >= 0.6 is 0 Å². The van der Waals surface area contributed by atoms with Crippen LogP contribution in [0.2, 0.25) is 0 Å². The van der Waals surface area contributed by atoms with Gasteiger partial charge in [0.25, 0.3) is 6.43 Å². The van der Waals surface area contributed by atoms with Gasteiger partial charge in [0.2, 0.25) is 5.78 Å². The summed E-state index contributed by atoms with van der Waals surface area (Å²) in [5.41, 5.74) is 0.666. The fourth-order valence-electron chi connectivity index (χ4n) is 2.23. The van der Waals surface area contributed by atoms with Crippen molar-refractivity contribution >= 4 is 15.6 Å². The number of aromatic nitrogens is 2. The number of rotatable bonds is 6. The fraction of sp³-hybridized carbons (Fsp3) is 0.375. The lowest BCUT2D eigenvalue weighted by Crippen LogP contribution is -2.28. The number of aromatic amines is 1. The average Bonchev–Trinajstić information content (AvgIpc) is 2.97. The van der Waals surface area contributed by atoms with E-state index in [4.69, 9.17) is 0 Å². The van der Waals surface area contributed by atoms with E-state index in [1.54, 1.807) is 32.9 Å². The number of aryl methyl sites for hydroxylation is 1. The van der Waals surface area contributed by atoms with Crippen molar-refractivity contribution in [1.29, 1.82) is 0 Å². The Morgan fingerprint density at radius 2 is 1.75 bits per heavy atom. The minimum atomic E-state index is -4.33. The maximum Gasteiger partial charge on any atom is 0.297 e. The second-order valence-electron chi connectivity index (χ2n) is 5.82. The van der Waals surface area contributed by atoms with Gasteiger partial charge in [-0.3, -0.25) is 4.79 Å². The van der Waals surface area contributed by atoms with E-state index in [0.29, 0.717) is 5.82 Å². The van der Waals surface area contributed by atoms with Crippen LogP contribution in [-0.2, 0) is 14.6 Å². The minimum absolute atomic E-state index is 0.0665. The Bertz CT molecular complexity index is 827. The van der Waals surface area contributed by atoms with Crippen molar-refractivity contribution in [3.8, 4) is 0 Å². The third-order valence-corrected chi connectivity index (χ3v) is 5.61. The van der Waals surface area contributed by atoms with Crippen molar-refractivity contribution in [3.63, 3.8) is 0 Å². The lowest BCUT2D eigenvalue weighted by atomic mass is 10.2. The van der Waals surface area contributed by atoms with E-state index in [9.17, 15) is 22.0 Å². The number of sulfone groups is 1. The highest BCUT2D eigenvalue weighted by Gasteiger charge is 2.41. The number of alkyl halides is 2. The molecule has 1 heterocycles. The largest absolute Gasteiger partial charge is 0.344 e. The van der Waals surface area contributed by atoms with E-state index in [2.05, 4.69) is 9.97 Å². The Morgan fingerprint density at radius 1 is 1.17 bits per heavy atom. The zero-order valence-corrected chi connectivity index (χ0v) is 14.3. The van der Waals surface area contributed by atoms with Gasteiger partial charge in [0.15, 0.2) is 15.1 Å². The first-order chi connectivity index (χ1) is 11.1. The van der Waals surface area contributed by atoms with Crippen LogP contribution in [0.25, 0.3) is 0 Å². The highest BCUT2D eigenvalue weighted by molar-refractivity contribution is 7.92. The molecule has 8 heteroatoms. The summed E-state index contributed by atoms with van der Waals surface area (Å²) in [7, 11) is -4.33. The molecule has 24 heavy (non-hydrogen) atoms. The zero-order valence-electron chi connectivity index (χ0n) is 13.5. The number of benzene rings is 1. The molecule has 5 nitrogen and oxygen atoms in total. The van der Waals surface area contributed by atoms with Crippen molar-refractivity contribution in [3.05, 3.63) is 47.5 Å². The Balaban J connectivity index is 2.57. The standard InChI is InChI=1S/C16H18F2N2O3S/c1-9(2)16-19-8-12(20-16)14(13(21)15(17)18)24(22,23)11-6-4-10(3)5-7-11/h4-9,14-15H,1-3H3,(H,19,20). The van der Waals surface area contributed by atoms with Crippen molar-refractivity contribution in [2.45, 2.75) is 43.3 Å². The number of H-pyrrole nitrogens is 1. The number of nitrogens with one attached hydrogen (secondary N) is 1. The maximum atomic E-state index is 13.0.